The number of halogens is 1. The lowest BCUT2D eigenvalue weighted by molar-refractivity contribution is -0.131. The van der Waals surface area contributed by atoms with Gasteiger partial charge in [-0.2, -0.15) is 0 Å². The van der Waals surface area contributed by atoms with Crippen molar-refractivity contribution in [2.45, 2.75) is 19.8 Å². The highest BCUT2D eigenvalue weighted by atomic mass is 19.1. The normalized spacial score (nSPS) is 14.9. The van der Waals surface area contributed by atoms with Crippen LogP contribution in [0.4, 0.5) is 15.8 Å². The first-order valence-corrected chi connectivity index (χ1v) is 7.45. The average Bonchev–Trinajstić information content (AvgIpc) is 3.31. The molecule has 118 valence electrons. The van der Waals surface area contributed by atoms with Crippen LogP contribution in [0.3, 0.4) is 0 Å². The molecule has 1 aliphatic rings. The Morgan fingerprint density at radius 3 is 2.35 bits per heavy atom. The number of anilines is 2. The highest BCUT2D eigenvalue weighted by molar-refractivity contribution is 6.17. The Labute approximate surface area is 133 Å². The second kappa shape index (κ2) is 5.83. The summed E-state index contributed by atoms with van der Waals surface area (Å²) >= 11 is 0. The van der Waals surface area contributed by atoms with Gasteiger partial charge in [-0.05, 0) is 49.6 Å². The van der Waals surface area contributed by atoms with Gasteiger partial charge in [-0.3, -0.25) is 9.59 Å². The highest BCUT2D eigenvalue weighted by Gasteiger charge is 2.56. The zero-order valence-electron chi connectivity index (χ0n) is 12.7. The van der Waals surface area contributed by atoms with E-state index in [0.29, 0.717) is 24.2 Å². The number of nitrogens with one attached hydrogen (secondary N) is 2. The minimum absolute atomic E-state index is 0.319. The maximum atomic E-state index is 13.2. The van der Waals surface area contributed by atoms with Crippen molar-refractivity contribution in [2.75, 3.05) is 10.6 Å². The van der Waals surface area contributed by atoms with E-state index in [1.54, 1.807) is 12.1 Å². The molecular formula is C18H17FN2O2. The molecule has 2 aromatic rings. The topological polar surface area (TPSA) is 58.2 Å². The van der Waals surface area contributed by atoms with Crippen LogP contribution in [0.1, 0.15) is 18.4 Å². The fourth-order valence-corrected chi connectivity index (χ4v) is 2.45. The zero-order chi connectivity index (χ0) is 16.4. The summed E-state index contributed by atoms with van der Waals surface area (Å²) in [4.78, 5) is 24.9. The van der Waals surface area contributed by atoms with Crippen molar-refractivity contribution in [2.24, 2.45) is 5.41 Å². The number of carbonyl (C=O) groups is 2. The van der Waals surface area contributed by atoms with Crippen LogP contribution in [0, 0.1) is 18.2 Å². The first-order chi connectivity index (χ1) is 11.0. The molecule has 1 aliphatic carbocycles. The van der Waals surface area contributed by atoms with E-state index in [4.69, 9.17) is 0 Å². The van der Waals surface area contributed by atoms with Crippen LogP contribution in [0.15, 0.2) is 48.5 Å². The van der Waals surface area contributed by atoms with E-state index in [2.05, 4.69) is 10.6 Å². The molecule has 2 aromatic carbocycles. The Morgan fingerprint density at radius 1 is 1.00 bits per heavy atom. The maximum Gasteiger partial charge on any atom is 0.240 e. The van der Waals surface area contributed by atoms with Crippen molar-refractivity contribution in [3.63, 3.8) is 0 Å². The first-order valence-electron chi connectivity index (χ1n) is 7.45. The summed E-state index contributed by atoms with van der Waals surface area (Å²) in [6.07, 6.45) is 0.984. The van der Waals surface area contributed by atoms with Gasteiger partial charge in [0.2, 0.25) is 11.8 Å². The predicted molar refractivity (Wildman–Crippen MR) is 86.5 cm³/mol. The van der Waals surface area contributed by atoms with E-state index in [0.717, 1.165) is 5.56 Å². The average molecular weight is 312 g/mol. The van der Waals surface area contributed by atoms with Gasteiger partial charge in [-0.25, -0.2) is 4.39 Å². The third-order valence-corrected chi connectivity index (χ3v) is 4.10. The van der Waals surface area contributed by atoms with Crippen LogP contribution in [-0.4, -0.2) is 11.8 Å². The molecule has 0 aliphatic heterocycles. The molecule has 0 aromatic heterocycles. The number of rotatable bonds is 4. The van der Waals surface area contributed by atoms with Crippen LogP contribution in [0.2, 0.25) is 0 Å². The van der Waals surface area contributed by atoms with Crippen LogP contribution in [-0.2, 0) is 9.59 Å². The summed E-state index contributed by atoms with van der Waals surface area (Å²) in [5.41, 5.74) is 0.920. The molecule has 0 bridgehead atoms. The Bertz CT molecular complexity index is 769. The quantitative estimate of drug-likeness (QED) is 0.849. The SMILES string of the molecule is Cc1ccccc1NC(=O)C1(C(=O)Nc2cccc(F)c2)CC1. The van der Waals surface area contributed by atoms with E-state index in [9.17, 15) is 14.0 Å². The predicted octanol–water partition coefficient (Wildman–Crippen LogP) is 3.49. The number of para-hydroxylation sites is 1. The molecule has 2 N–H and O–H groups in total. The van der Waals surface area contributed by atoms with Crippen LogP contribution in [0.5, 0.6) is 0 Å². The Kier molecular flexibility index (Phi) is 3.86. The van der Waals surface area contributed by atoms with Gasteiger partial charge >= 0.3 is 0 Å². The summed E-state index contributed by atoms with van der Waals surface area (Å²) in [6.45, 7) is 1.89. The summed E-state index contributed by atoms with van der Waals surface area (Å²) in [6, 6.07) is 13.0. The molecule has 4 nitrogen and oxygen atoms in total. The van der Waals surface area contributed by atoms with Crippen molar-refractivity contribution in [3.8, 4) is 0 Å². The van der Waals surface area contributed by atoms with Crippen LogP contribution in [0.25, 0.3) is 0 Å². The smallest absolute Gasteiger partial charge is 0.240 e. The third kappa shape index (κ3) is 3.08. The summed E-state index contributed by atoms with van der Waals surface area (Å²) in [7, 11) is 0. The van der Waals surface area contributed by atoms with Crippen molar-refractivity contribution in [3.05, 3.63) is 59.9 Å². The Balaban J connectivity index is 1.72. The van der Waals surface area contributed by atoms with Crippen molar-refractivity contribution >= 4 is 23.2 Å². The van der Waals surface area contributed by atoms with Gasteiger partial charge in [0.25, 0.3) is 0 Å². The number of carbonyl (C=O) groups excluding carboxylic acids is 2. The Hall–Kier alpha value is -2.69. The third-order valence-electron chi connectivity index (χ3n) is 4.10. The summed E-state index contributed by atoms with van der Waals surface area (Å²) in [5.74, 6) is -1.15. The molecule has 23 heavy (non-hydrogen) atoms. The second-order valence-electron chi connectivity index (χ2n) is 5.82. The van der Waals surface area contributed by atoms with Gasteiger partial charge in [0, 0.05) is 11.4 Å². The standard InChI is InChI=1S/C18H17FN2O2/c1-12-5-2-3-8-15(12)21-17(23)18(9-10-18)16(22)20-14-7-4-6-13(19)11-14/h2-8,11H,9-10H2,1H3,(H,20,22)(H,21,23). The second-order valence-corrected chi connectivity index (χ2v) is 5.82. The van der Waals surface area contributed by atoms with Crippen molar-refractivity contribution < 1.29 is 14.0 Å². The van der Waals surface area contributed by atoms with E-state index >= 15 is 0 Å². The molecule has 2 amide bonds. The number of aryl methyl sites for hydroxylation is 1. The van der Waals surface area contributed by atoms with Crippen LogP contribution >= 0.6 is 0 Å². The van der Waals surface area contributed by atoms with Gasteiger partial charge in [0.15, 0.2) is 0 Å². The van der Waals surface area contributed by atoms with Gasteiger partial charge in [-0.1, -0.05) is 24.3 Å². The van der Waals surface area contributed by atoms with Gasteiger partial charge in [0.1, 0.15) is 11.2 Å². The van der Waals surface area contributed by atoms with Gasteiger partial charge < -0.3 is 10.6 Å². The number of amides is 2. The molecule has 0 saturated heterocycles. The van der Waals surface area contributed by atoms with E-state index in [1.165, 1.54) is 18.2 Å². The minimum atomic E-state index is -1.06. The molecule has 0 spiro atoms. The van der Waals surface area contributed by atoms with Gasteiger partial charge in [0.05, 0.1) is 0 Å². The molecule has 0 unspecified atom stereocenters. The lowest BCUT2D eigenvalue weighted by Gasteiger charge is -2.16. The number of hydrogen-bond donors (Lipinski definition) is 2. The van der Waals surface area contributed by atoms with Crippen LogP contribution < -0.4 is 10.6 Å². The largest absolute Gasteiger partial charge is 0.325 e. The zero-order valence-corrected chi connectivity index (χ0v) is 12.7. The molecule has 1 fully saturated rings. The molecule has 0 radical (unpaired) electrons. The maximum absolute atomic E-state index is 13.2. The monoisotopic (exact) mass is 312 g/mol. The fourth-order valence-electron chi connectivity index (χ4n) is 2.45. The highest BCUT2D eigenvalue weighted by Crippen LogP contribution is 2.47. The summed E-state index contributed by atoms with van der Waals surface area (Å²) in [5, 5.41) is 5.44. The number of hydrogen-bond acceptors (Lipinski definition) is 2. The lowest BCUT2D eigenvalue weighted by Crippen LogP contribution is -2.35. The Morgan fingerprint density at radius 2 is 1.70 bits per heavy atom. The van der Waals surface area contributed by atoms with Crippen molar-refractivity contribution in [1.29, 1.82) is 0 Å². The molecule has 1 saturated carbocycles. The van der Waals surface area contributed by atoms with E-state index in [-0.39, 0.29) is 5.91 Å². The molecule has 0 atom stereocenters. The fraction of sp³-hybridized carbons (Fsp3) is 0.222. The molecular weight excluding hydrogens is 295 g/mol. The summed E-state index contributed by atoms with van der Waals surface area (Å²) < 4.78 is 13.2. The van der Waals surface area contributed by atoms with E-state index < -0.39 is 17.1 Å². The van der Waals surface area contributed by atoms with Gasteiger partial charge in [-0.15, -0.1) is 0 Å². The van der Waals surface area contributed by atoms with Crippen molar-refractivity contribution in [1.82, 2.24) is 0 Å². The first kappa shape index (κ1) is 15.2. The minimum Gasteiger partial charge on any atom is -0.325 e. The van der Waals surface area contributed by atoms with E-state index in [1.807, 2.05) is 25.1 Å². The molecule has 0 heterocycles. The number of benzene rings is 2. The lowest BCUT2D eigenvalue weighted by atomic mass is 10.0. The molecule has 3 rings (SSSR count). The molecule has 5 heteroatoms.